The lowest BCUT2D eigenvalue weighted by molar-refractivity contribution is -0.140. The molecule has 2 aliphatic rings. The molecule has 0 radical (unpaired) electrons. The van der Waals surface area contributed by atoms with E-state index in [2.05, 4.69) is 6.07 Å². The fraction of sp³-hybridized carbons (Fsp3) is 0.524. The second-order valence-corrected chi connectivity index (χ2v) is 7.23. The van der Waals surface area contributed by atoms with Crippen molar-refractivity contribution < 1.29 is 9.59 Å². The van der Waals surface area contributed by atoms with Gasteiger partial charge in [0.05, 0.1) is 0 Å². The fourth-order valence-corrected chi connectivity index (χ4v) is 3.77. The minimum absolute atomic E-state index is 0.0466. The maximum Gasteiger partial charge on any atom is 0.246 e. The average Bonchev–Trinajstić information content (AvgIpc) is 2.66. The molecule has 2 heterocycles. The van der Waals surface area contributed by atoms with Crippen LogP contribution in [0, 0.1) is 12.8 Å². The molecule has 0 saturated carbocycles. The van der Waals surface area contributed by atoms with Crippen molar-refractivity contribution in [3.05, 3.63) is 41.5 Å². The van der Waals surface area contributed by atoms with Crippen LogP contribution in [0.1, 0.15) is 43.2 Å². The number of likely N-dealkylation sites (tertiary alicyclic amines) is 2. The monoisotopic (exact) mass is 340 g/mol. The minimum Gasteiger partial charge on any atom is -0.342 e. The predicted octanol–water partition coefficient (Wildman–Crippen LogP) is 3.26. The summed E-state index contributed by atoms with van der Waals surface area (Å²) in [7, 11) is 0. The molecule has 0 bridgehead atoms. The zero-order valence-corrected chi connectivity index (χ0v) is 15.1. The number of rotatable bonds is 3. The van der Waals surface area contributed by atoms with Gasteiger partial charge in [-0.2, -0.15) is 0 Å². The Morgan fingerprint density at radius 3 is 2.40 bits per heavy atom. The first-order valence-corrected chi connectivity index (χ1v) is 9.46. The molecule has 134 valence electrons. The van der Waals surface area contributed by atoms with Crippen LogP contribution in [0.25, 0.3) is 6.08 Å². The number of piperidine rings is 2. The van der Waals surface area contributed by atoms with Gasteiger partial charge in [0, 0.05) is 38.2 Å². The number of carbonyl (C=O) groups excluding carboxylic acids is 2. The molecule has 1 aromatic carbocycles. The van der Waals surface area contributed by atoms with E-state index in [1.54, 1.807) is 6.08 Å². The zero-order chi connectivity index (χ0) is 17.6. The van der Waals surface area contributed by atoms with E-state index in [-0.39, 0.29) is 11.8 Å². The predicted molar refractivity (Wildman–Crippen MR) is 99.9 cm³/mol. The van der Waals surface area contributed by atoms with Crippen molar-refractivity contribution in [3.8, 4) is 0 Å². The van der Waals surface area contributed by atoms with E-state index in [9.17, 15) is 9.59 Å². The quantitative estimate of drug-likeness (QED) is 0.793. The molecule has 0 aromatic heterocycles. The van der Waals surface area contributed by atoms with E-state index in [0.717, 1.165) is 44.3 Å². The highest BCUT2D eigenvalue weighted by Gasteiger charge is 2.30. The number of benzene rings is 1. The van der Waals surface area contributed by atoms with Gasteiger partial charge in [-0.3, -0.25) is 9.59 Å². The van der Waals surface area contributed by atoms with E-state index >= 15 is 0 Å². The Hall–Kier alpha value is -2.10. The van der Waals surface area contributed by atoms with Gasteiger partial charge in [-0.25, -0.2) is 0 Å². The van der Waals surface area contributed by atoms with Crippen molar-refractivity contribution in [1.82, 2.24) is 9.80 Å². The van der Waals surface area contributed by atoms with Crippen LogP contribution in [0.3, 0.4) is 0 Å². The Kier molecular flexibility index (Phi) is 5.90. The van der Waals surface area contributed by atoms with Crippen molar-refractivity contribution in [2.24, 2.45) is 5.92 Å². The summed E-state index contributed by atoms with van der Waals surface area (Å²) < 4.78 is 0. The summed E-state index contributed by atoms with van der Waals surface area (Å²) in [5.74, 6) is 0.454. The van der Waals surface area contributed by atoms with E-state index in [0.29, 0.717) is 19.0 Å². The molecular formula is C21H28N2O2. The Bertz CT molecular complexity index is 639. The molecular weight excluding hydrogens is 312 g/mol. The molecule has 1 aromatic rings. The molecule has 4 heteroatoms. The molecule has 0 unspecified atom stereocenters. The molecule has 2 aliphatic heterocycles. The summed E-state index contributed by atoms with van der Waals surface area (Å²) in [6, 6.07) is 8.11. The standard InChI is InChI=1S/C21H28N2O2/c1-17-6-5-7-18(16-17)8-9-20(24)22-14-10-19(11-15-22)21(25)23-12-3-2-4-13-23/h5-9,16,19H,2-4,10-15H2,1H3. The number of carbonyl (C=O) groups is 2. The molecule has 0 spiro atoms. The maximum atomic E-state index is 12.6. The molecule has 0 N–H and O–H groups in total. The summed E-state index contributed by atoms with van der Waals surface area (Å²) >= 11 is 0. The van der Waals surface area contributed by atoms with Crippen LogP contribution in [-0.2, 0) is 9.59 Å². The Morgan fingerprint density at radius 1 is 1.00 bits per heavy atom. The summed E-state index contributed by atoms with van der Waals surface area (Å²) in [4.78, 5) is 28.9. The lowest BCUT2D eigenvalue weighted by Gasteiger charge is -2.35. The molecule has 2 fully saturated rings. The third kappa shape index (κ3) is 4.71. The van der Waals surface area contributed by atoms with Gasteiger partial charge in [0.25, 0.3) is 0 Å². The first-order chi connectivity index (χ1) is 12.1. The third-order valence-corrected chi connectivity index (χ3v) is 5.28. The highest BCUT2D eigenvalue weighted by atomic mass is 16.2. The van der Waals surface area contributed by atoms with Crippen molar-refractivity contribution in [3.63, 3.8) is 0 Å². The fourth-order valence-electron chi connectivity index (χ4n) is 3.77. The second kappa shape index (κ2) is 8.32. The second-order valence-electron chi connectivity index (χ2n) is 7.23. The van der Waals surface area contributed by atoms with Gasteiger partial charge >= 0.3 is 0 Å². The lowest BCUT2D eigenvalue weighted by atomic mass is 9.94. The van der Waals surface area contributed by atoms with Gasteiger partial charge in [-0.1, -0.05) is 29.8 Å². The molecule has 0 aliphatic carbocycles. The third-order valence-electron chi connectivity index (χ3n) is 5.28. The normalized spacial score (nSPS) is 19.4. The van der Waals surface area contributed by atoms with E-state index in [4.69, 9.17) is 0 Å². The van der Waals surface area contributed by atoms with Crippen LogP contribution >= 0.6 is 0 Å². The number of hydrogen-bond donors (Lipinski definition) is 0. The number of hydrogen-bond acceptors (Lipinski definition) is 2. The van der Waals surface area contributed by atoms with Crippen LogP contribution in [0.2, 0.25) is 0 Å². The van der Waals surface area contributed by atoms with Crippen molar-refractivity contribution in [1.29, 1.82) is 0 Å². The molecule has 3 rings (SSSR count). The summed E-state index contributed by atoms with van der Waals surface area (Å²) in [6.45, 7) is 5.24. The molecule has 0 atom stereocenters. The van der Waals surface area contributed by atoms with Crippen LogP contribution in [0.15, 0.2) is 30.3 Å². The lowest BCUT2D eigenvalue weighted by Crippen LogP contribution is -2.45. The molecule has 2 saturated heterocycles. The largest absolute Gasteiger partial charge is 0.342 e. The molecule has 2 amide bonds. The Morgan fingerprint density at radius 2 is 1.72 bits per heavy atom. The van der Waals surface area contributed by atoms with E-state index in [1.807, 2.05) is 41.0 Å². The number of nitrogens with zero attached hydrogens (tertiary/aromatic N) is 2. The summed E-state index contributed by atoms with van der Waals surface area (Å²) in [5.41, 5.74) is 2.23. The summed E-state index contributed by atoms with van der Waals surface area (Å²) in [5, 5.41) is 0. The van der Waals surface area contributed by atoms with E-state index < -0.39 is 0 Å². The number of aryl methyl sites for hydroxylation is 1. The van der Waals surface area contributed by atoms with Crippen LogP contribution in [-0.4, -0.2) is 47.8 Å². The molecule has 25 heavy (non-hydrogen) atoms. The minimum atomic E-state index is 0.0466. The van der Waals surface area contributed by atoms with Gasteiger partial charge in [0.15, 0.2) is 0 Å². The molecule has 4 nitrogen and oxygen atoms in total. The Balaban J connectivity index is 1.49. The zero-order valence-electron chi connectivity index (χ0n) is 15.1. The van der Waals surface area contributed by atoms with Crippen LogP contribution in [0.4, 0.5) is 0 Å². The van der Waals surface area contributed by atoms with Crippen LogP contribution < -0.4 is 0 Å². The van der Waals surface area contributed by atoms with Crippen LogP contribution in [0.5, 0.6) is 0 Å². The Labute approximate surface area is 150 Å². The first kappa shape index (κ1) is 17.7. The van der Waals surface area contributed by atoms with Gasteiger partial charge < -0.3 is 9.80 Å². The van der Waals surface area contributed by atoms with Crippen molar-refractivity contribution >= 4 is 17.9 Å². The first-order valence-electron chi connectivity index (χ1n) is 9.46. The summed E-state index contributed by atoms with van der Waals surface area (Å²) in [6.07, 6.45) is 8.62. The van der Waals surface area contributed by atoms with Gasteiger partial charge in [0.1, 0.15) is 0 Å². The van der Waals surface area contributed by atoms with Gasteiger partial charge in [-0.05, 0) is 50.7 Å². The van der Waals surface area contributed by atoms with Crippen molar-refractivity contribution in [2.45, 2.75) is 39.0 Å². The maximum absolute atomic E-state index is 12.6. The van der Waals surface area contributed by atoms with Gasteiger partial charge in [0.2, 0.25) is 11.8 Å². The smallest absolute Gasteiger partial charge is 0.246 e. The van der Waals surface area contributed by atoms with E-state index in [1.165, 1.54) is 12.0 Å². The average molecular weight is 340 g/mol. The van der Waals surface area contributed by atoms with Crippen molar-refractivity contribution in [2.75, 3.05) is 26.2 Å². The highest BCUT2D eigenvalue weighted by molar-refractivity contribution is 5.92. The van der Waals surface area contributed by atoms with Gasteiger partial charge in [-0.15, -0.1) is 0 Å². The SMILES string of the molecule is Cc1cccc(C=CC(=O)N2CCC(C(=O)N3CCCCC3)CC2)c1. The highest BCUT2D eigenvalue weighted by Crippen LogP contribution is 2.22. The topological polar surface area (TPSA) is 40.6 Å². The number of amides is 2.